The van der Waals surface area contributed by atoms with E-state index in [0.29, 0.717) is 41.1 Å². The Balaban J connectivity index is 1.70. The van der Waals surface area contributed by atoms with Gasteiger partial charge in [0.25, 0.3) is 0 Å². The summed E-state index contributed by atoms with van der Waals surface area (Å²) in [7, 11) is 4.80. The molecular formula is C26H30N2O6S. The highest BCUT2D eigenvalue weighted by molar-refractivity contribution is 7.80. The molecule has 1 fully saturated rings. The van der Waals surface area contributed by atoms with Crippen molar-refractivity contribution in [3.05, 3.63) is 60.2 Å². The highest BCUT2D eigenvalue weighted by Crippen LogP contribution is 2.51. The summed E-state index contributed by atoms with van der Waals surface area (Å²) in [6, 6.07) is 11.0. The van der Waals surface area contributed by atoms with E-state index in [1.54, 1.807) is 27.4 Å². The monoisotopic (exact) mass is 498 g/mol. The molecule has 2 heterocycles. The molecule has 0 spiro atoms. The molecule has 0 amide bonds. The zero-order valence-corrected chi connectivity index (χ0v) is 21.1. The van der Waals surface area contributed by atoms with Gasteiger partial charge in [-0.25, -0.2) is 0 Å². The molecule has 0 saturated carbocycles. The molecule has 8 nitrogen and oxygen atoms in total. The Bertz CT molecular complexity index is 1140. The molecule has 35 heavy (non-hydrogen) atoms. The number of hydrogen-bond donors (Lipinski definition) is 1. The SMILES string of the molecule is C=CCOC(=O)[C@@H]1[C@H]2NC(=S)N(CCc3ccc(OC)c(OC)c3)[C@@]1(C)Oc1c(OC)cccc12. The van der Waals surface area contributed by atoms with Crippen LogP contribution in [0.3, 0.4) is 0 Å². The summed E-state index contributed by atoms with van der Waals surface area (Å²) >= 11 is 5.76. The summed E-state index contributed by atoms with van der Waals surface area (Å²) in [5.74, 6) is 1.41. The third-order valence-electron chi connectivity index (χ3n) is 6.51. The normalized spacial score (nSPS) is 22.3. The van der Waals surface area contributed by atoms with Gasteiger partial charge in [0, 0.05) is 12.1 Å². The number of thiocarbonyl (C=S) groups is 1. The lowest BCUT2D eigenvalue weighted by Crippen LogP contribution is -2.71. The number of nitrogens with one attached hydrogen (secondary N) is 1. The molecule has 2 aliphatic heterocycles. The quantitative estimate of drug-likeness (QED) is 0.317. The third kappa shape index (κ3) is 4.36. The van der Waals surface area contributed by atoms with Crippen LogP contribution in [-0.4, -0.2) is 56.2 Å². The maximum absolute atomic E-state index is 13.3. The number of rotatable bonds is 9. The Hall–Kier alpha value is -3.46. The fraction of sp³-hybridized carbons (Fsp3) is 0.385. The van der Waals surface area contributed by atoms with E-state index in [1.807, 2.05) is 48.2 Å². The van der Waals surface area contributed by atoms with E-state index in [-0.39, 0.29) is 6.61 Å². The summed E-state index contributed by atoms with van der Waals surface area (Å²) in [6.07, 6.45) is 2.17. The maximum Gasteiger partial charge on any atom is 0.317 e. The van der Waals surface area contributed by atoms with Crippen molar-refractivity contribution in [2.45, 2.75) is 25.1 Å². The van der Waals surface area contributed by atoms with E-state index in [4.69, 9.17) is 35.9 Å². The summed E-state index contributed by atoms with van der Waals surface area (Å²) in [5, 5.41) is 3.86. The molecule has 4 rings (SSSR count). The Labute approximate surface area is 210 Å². The molecule has 9 heteroatoms. The zero-order chi connectivity index (χ0) is 25.2. The molecule has 2 aliphatic rings. The molecule has 0 aromatic heterocycles. The Morgan fingerprint density at radius 2 is 1.91 bits per heavy atom. The minimum absolute atomic E-state index is 0.110. The standard InChI is InChI=1S/C26H30N2O6S/c1-6-14-33-24(29)21-22-17-8-7-9-19(31-4)23(17)34-26(21,2)28(25(35)27-22)13-12-16-10-11-18(30-3)20(15-16)32-5/h6-11,15,21-22H,1,12-14H2,2-5H3,(H,27,35)/t21-,22-,26-/m0/s1. The molecule has 1 saturated heterocycles. The lowest BCUT2D eigenvalue weighted by molar-refractivity contribution is -0.174. The fourth-order valence-electron chi connectivity index (χ4n) is 4.79. The van der Waals surface area contributed by atoms with Gasteiger partial charge in [-0.05, 0) is 49.3 Å². The minimum Gasteiger partial charge on any atom is -0.493 e. The van der Waals surface area contributed by atoms with Gasteiger partial charge in [-0.1, -0.05) is 30.9 Å². The molecule has 2 aromatic rings. The second kappa shape index (κ2) is 10.0. The number of benzene rings is 2. The predicted molar refractivity (Wildman–Crippen MR) is 135 cm³/mol. The minimum atomic E-state index is -1.11. The van der Waals surface area contributed by atoms with Crippen LogP contribution < -0.4 is 24.3 Å². The van der Waals surface area contributed by atoms with E-state index < -0.39 is 23.7 Å². The summed E-state index contributed by atoms with van der Waals surface area (Å²) in [4.78, 5) is 15.2. The fourth-order valence-corrected chi connectivity index (χ4v) is 5.19. The smallest absolute Gasteiger partial charge is 0.317 e. The van der Waals surface area contributed by atoms with E-state index in [2.05, 4.69) is 11.9 Å². The first-order chi connectivity index (χ1) is 16.9. The molecule has 1 N–H and O–H groups in total. The molecule has 186 valence electrons. The van der Waals surface area contributed by atoms with Crippen molar-refractivity contribution in [1.29, 1.82) is 0 Å². The first kappa shape index (κ1) is 24.7. The van der Waals surface area contributed by atoms with Gasteiger partial charge in [-0.2, -0.15) is 0 Å². The lowest BCUT2D eigenvalue weighted by Gasteiger charge is -2.55. The van der Waals surface area contributed by atoms with E-state index >= 15 is 0 Å². The van der Waals surface area contributed by atoms with Crippen LogP contribution >= 0.6 is 12.2 Å². The number of ether oxygens (including phenoxy) is 5. The summed E-state index contributed by atoms with van der Waals surface area (Å²) < 4.78 is 28.4. The second-order valence-electron chi connectivity index (χ2n) is 8.45. The number of nitrogens with zero attached hydrogens (tertiary/aromatic N) is 1. The number of para-hydroxylation sites is 1. The Morgan fingerprint density at radius 3 is 2.60 bits per heavy atom. The van der Waals surface area contributed by atoms with Crippen LogP contribution in [-0.2, 0) is 16.0 Å². The maximum atomic E-state index is 13.3. The van der Waals surface area contributed by atoms with Crippen molar-refractivity contribution in [3.63, 3.8) is 0 Å². The van der Waals surface area contributed by atoms with Crippen LogP contribution in [0.5, 0.6) is 23.0 Å². The largest absolute Gasteiger partial charge is 0.493 e. The van der Waals surface area contributed by atoms with Gasteiger partial charge in [0.1, 0.15) is 12.5 Å². The molecule has 2 aromatic carbocycles. The summed E-state index contributed by atoms with van der Waals surface area (Å²) in [5.41, 5.74) is 0.712. The van der Waals surface area contributed by atoms with Crippen LogP contribution in [0.4, 0.5) is 0 Å². The van der Waals surface area contributed by atoms with Gasteiger partial charge in [-0.3, -0.25) is 4.79 Å². The van der Waals surface area contributed by atoms with Gasteiger partial charge in [0.05, 0.1) is 27.4 Å². The lowest BCUT2D eigenvalue weighted by atomic mass is 9.79. The molecule has 2 bridgehead atoms. The number of carbonyl (C=O) groups excluding carboxylic acids is 1. The van der Waals surface area contributed by atoms with Crippen LogP contribution in [0.1, 0.15) is 24.1 Å². The molecular weight excluding hydrogens is 468 g/mol. The van der Waals surface area contributed by atoms with Gasteiger partial charge < -0.3 is 33.9 Å². The van der Waals surface area contributed by atoms with E-state index in [1.165, 1.54) is 0 Å². The molecule has 3 atom stereocenters. The first-order valence-corrected chi connectivity index (χ1v) is 11.7. The first-order valence-electron chi connectivity index (χ1n) is 11.3. The van der Waals surface area contributed by atoms with Crippen molar-refractivity contribution in [2.75, 3.05) is 34.5 Å². The highest BCUT2D eigenvalue weighted by Gasteiger charge is 2.59. The van der Waals surface area contributed by atoms with Crippen LogP contribution in [0.25, 0.3) is 0 Å². The predicted octanol–water partition coefficient (Wildman–Crippen LogP) is 3.64. The van der Waals surface area contributed by atoms with Crippen molar-refractivity contribution in [3.8, 4) is 23.0 Å². The number of hydrogen-bond acceptors (Lipinski definition) is 7. The van der Waals surface area contributed by atoms with E-state index in [0.717, 1.165) is 11.1 Å². The Morgan fingerprint density at radius 1 is 1.17 bits per heavy atom. The van der Waals surface area contributed by atoms with Gasteiger partial charge in [0.15, 0.2) is 33.8 Å². The van der Waals surface area contributed by atoms with Crippen molar-refractivity contribution in [1.82, 2.24) is 10.2 Å². The van der Waals surface area contributed by atoms with Crippen LogP contribution in [0.15, 0.2) is 49.1 Å². The van der Waals surface area contributed by atoms with Gasteiger partial charge in [0.2, 0.25) is 0 Å². The molecule has 0 unspecified atom stereocenters. The second-order valence-corrected chi connectivity index (χ2v) is 8.84. The average Bonchev–Trinajstić information content (AvgIpc) is 2.86. The van der Waals surface area contributed by atoms with Crippen molar-refractivity contribution in [2.24, 2.45) is 5.92 Å². The number of fused-ring (bicyclic) bond motifs is 4. The van der Waals surface area contributed by atoms with Crippen molar-refractivity contribution >= 4 is 23.3 Å². The zero-order valence-electron chi connectivity index (χ0n) is 20.3. The summed E-state index contributed by atoms with van der Waals surface area (Å²) in [6.45, 7) is 6.12. The van der Waals surface area contributed by atoms with Crippen LogP contribution in [0, 0.1) is 5.92 Å². The van der Waals surface area contributed by atoms with E-state index in [9.17, 15) is 4.79 Å². The number of methoxy groups -OCH3 is 3. The third-order valence-corrected chi connectivity index (χ3v) is 6.85. The Kier molecular flexibility index (Phi) is 7.07. The van der Waals surface area contributed by atoms with Crippen LogP contribution in [0.2, 0.25) is 0 Å². The highest BCUT2D eigenvalue weighted by atomic mass is 32.1. The van der Waals surface area contributed by atoms with Gasteiger partial charge >= 0.3 is 5.97 Å². The number of esters is 1. The van der Waals surface area contributed by atoms with Gasteiger partial charge in [-0.15, -0.1) is 0 Å². The topological polar surface area (TPSA) is 78.5 Å². The number of carbonyl (C=O) groups is 1. The average molecular weight is 499 g/mol. The van der Waals surface area contributed by atoms with Crippen molar-refractivity contribution < 1.29 is 28.5 Å². The molecule has 0 radical (unpaired) electrons. The molecule has 0 aliphatic carbocycles.